The molecule has 170 valence electrons. The molecule has 3 rings (SSSR count). The lowest BCUT2D eigenvalue weighted by molar-refractivity contribution is 0.102. The summed E-state index contributed by atoms with van der Waals surface area (Å²) in [5.74, 6) is 1.87. The van der Waals surface area contributed by atoms with Gasteiger partial charge in [0.1, 0.15) is 12.2 Å². The van der Waals surface area contributed by atoms with Gasteiger partial charge in [0.2, 0.25) is 0 Å². The SMILES string of the molecule is CCc1nncn1CCNC(=NCC(C)(C)N1CCCCC1)NC(C)c1ccccc1. The van der Waals surface area contributed by atoms with E-state index < -0.39 is 0 Å². The molecule has 0 spiro atoms. The Bertz CT molecular complexity index is 806. The Balaban J connectivity index is 1.65. The molecule has 0 saturated carbocycles. The fourth-order valence-corrected chi connectivity index (χ4v) is 4.09. The predicted octanol–water partition coefficient (Wildman–Crippen LogP) is 3.40. The van der Waals surface area contributed by atoms with E-state index in [1.807, 2.05) is 0 Å². The van der Waals surface area contributed by atoms with Gasteiger partial charge in [-0.1, -0.05) is 43.7 Å². The zero-order valence-corrected chi connectivity index (χ0v) is 19.6. The summed E-state index contributed by atoms with van der Waals surface area (Å²) in [7, 11) is 0. The highest BCUT2D eigenvalue weighted by molar-refractivity contribution is 5.80. The van der Waals surface area contributed by atoms with Gasteiger partial charge in [-0.2, -0.15) is 0 Å². The number of guanidine groups is 1. The molecule has 0 radical (unpaired) electrons. The Morgan fingerprint density at radius 2 is 1.90 bits per heavy atom. The molecule has 2 heterocycles. The number of nitrogens with one attached hydrogen (secondary N) is 2. The summed E-state index contributed by atoms with van der Waals surface area (Å²) >= 11 is 0. The topological polar surface area (TPSA) is 70.4 Å². The van der Waals surface area contributed by atoms with Gasteiger partial charge in [0, 0.05) is 25.0 Å². The van der Waals surface area contributed by atoms with Gasteiger partial charge in [0.25, 0.3) is 0 Å². The number of aliphatic imine (C=N–C) groups is 1. The van der Waals surface area contributed by atoms with Crippen molar-refractivity contribution < 1.29 is 0 Å². The average Bonchev–Trinajstić information content (AvgIpc) is 3.26. The van der Waals surface area contributed by atoms with Crippen LogP contribution in [0.5, 0.6) is 0 Å². The lowest BCUT2D eigenvalue weighted by atomic mass is 9.99. The van der Waals surface area contributed by atoms with Gasteiger partial charge in [-0.25, -0.2) is 0 Å². The molecule has 0 amide bonds. The van der Waals surface area contributed by atoms with Gasteiger partial charge < -0.3 is 15.2 Å². The number of aromatic nitrogens is 3. The number of nitrogens with zero attached hydrogens (tertiary/aromatic N) is 5. The summed E-state index contributed by atoms with van der Waals surface area (Å²) in [6.07, 6.45) is 6.62. The van der Waals surface area contributed by atoms with Crippen molar-refractivity contribution in [3.63, 3.8) is 0 Å². The molecule has 0 bridgehead atoms. The fraction of sp³-hybridized carbons (Fsp3) is 0.625. The quantitative estimate of drug-likeness (QED) is 0.476. The van der Waals surface area contributed by atoms with Crippen LogP contribution in [0, 0.1) is 0 Å². The summed E-state index contributed by atoms with van der Waals surface area (Å²) in [4.78, 5) is 7.60. The van der Waals surface area contributed by atoms with Crippen molar-refractivity contribution in [3.8, 4) is 0 Å². The predicted molar refractivity (Wildman–Crippen MR) is 127 cm³/mol. The minimum Gasteiger partial charge on any atom is -0.355 e. The maximum absolute atomic E-state index is 5.01. The van der Waals surface area contributed by atoms with Crippen LogP contribution in [0.2, 0.25) is 0 Å². The van der Waals surface area contributed by atoms with E-state index in [9.17, 15) is 0 Å². The summed E-state index contributed by atoms with van der Waals surface area (Å²) in [5.41, 5.74) is 1.30. The van der Waals surface area contributed by atoms with E-state index in [2.05, 4.69) is 88.3 Å². The van der Waals surface area contributed by atoms with Gasteiger partial charge in [0.05, 0.1) is 12.6 Å². The molecule has 2 aromatic rings. The van der Waals surface area contributed by atoms with Crippen molar-refractivity contribution in [2.24, 2.45) is 4.99 Å². The first-order chi connectivity index (χ1) is 15.0. The molecular weight excluding hydrogens is 386 g/mol. The van der Waals surface area contributed by atoms with E-state index in [4.69, 9.17) is 4.99 Å². The van der Waals surface area contributed by atoms with Crippen LogP contribution in [0.1, 0.15) is 64.4 Å². The normalized spacial score (nSPS) is 16.8. The van der Waals surface area contributed by atoms with E-state index in [1.54, 1.807) is 6.33 Å². The molecule has 1 atom stereocenters. The second-order valence-electron chi connectivity index (χ2n) is 9.02. The van der Waals surface area contributed by atoms with Crippen LogP contribution < -0.4 is 10.6 Å². The average molecular weight is 426 g/mol. The molecule has 7 nitrogen and oxygen atoms in total. The molecule has 2 N–H and O–H groups in total. The second-order valence-corrected chi connectivity index (χ2v) is 9.02. The number of likely N-dealkylation sites (tertiary alicyclic amines) is 1. The van der Waals surface area contributed by atoms with Crippen molar-refractivity contribution in [1.82, 2.24) is 30.3 Å². The van der Waals surface area contributed by atoms with E-state index in [-0.39, 0.29) is 11.6 Å². The Labute approximate surface area is 187 Å². The molecule has 1 unspecified atom stereocenters. The smallest absolute Gasteiger partial charge is 0.191 e. The second kappa shape index (κ2) is 11.3. The number of benzene rings is 1. The van der Waals surface area contributed by atoms with Gasteiger partial charge in [-0.15, -0.1) is 10.2 Å². The zero-order chi connectivity index (χ0) is 22.1. The molecule has 1 aliphatic rings. The minimum atomic E-state index is 0.0503. The highest BCUT2D eigenvalue weighted by Gasteiger charge is 2.27. The number of aryl methyl sites for hydroxylation is 1. The molecule has 1 saturated heterocycles. The third kappa shape index (κ3) is 6.79. The van der Waals surface area contributed by atoms with Crippen molar-refractivity contribution in [1.29, 1.82) is 0 Å². The molecule has 31 heavy (non-hydrogen) atoms. The van der Waals surface area contributed by atoms with Crippen molar-refractivity contribution in [2.45, 2.75) is 71.5 Å². The number of piperidine rings is 1. The first kappa shape index (κ1) is 23.3. The summed E-state index contributed by atoms with van der Waals surface area (Å²) in [5, 5.41) is 15.3. The monoisotopic (exact) mass is 425 g/mol. The van der Waals surface area contributed by atoms with Gasteiger partial charge >= 0.3 is 0 Å². The van der Waals surface area contributed by atoms with E-state index in [0.717, 1.165) is 37.8 Å². The van der Waals surface area contributed by atoms with Gasteiger partial charge in [-0.05, 0) is 52.3 Å². The highest BCUT2D eigenvalue weighted by atomic mass is 15.3. The first-order valence-corrected chi connectivity index (χ1v) is 11.7. The van der Waals surface area contributed by atoms with Crippen LogP contribution in [0.4, 0.5) is 0 Å². The molecule has 1 aromatic carbocycles. The Morgan fingerprint density at radius 1 is 1.16 bits per heavy atom. The first-order valence-electron chi connectivity index (χ1n) is 11.7. The Kier molecular flexibility index (Phi) is 8.46. The lowest BCUT2D eigenvalue weighted by Crippen LogP contribution is -2.50. The molecule has 0 aliphatic carbocycles. The van der Waals surface area contributed by atoms with Crippen molar-refractivity contribution >= 4 is 5.96 Å². The van der Waals surface area contributed by atoms with Crippen LogP contribution in [-0.4, -0.2) is 57.3 Å². The highest BCUT2D eigenvalue weighted by Crippen LogP contribution is 2.21. The van der Waals surface area contributed by atoms with Crippen LogP contribution in [0.3, 0.4) is 0 Å². The zero-order valence-electron chi connectivity index (χ0n) is 19.6. The Morgan fingerprint density at radius 3 is 2.61 bits per heavy atom. The molecular formula is C24H39N7. The minimum absolute atomic E-state index is 0.0503. The van der Waals surface area contributed by atoms with E-state index in [1.165, 1.54) is 37.9 Å². The van der Waals surface area contributed by atoms with Crippen molar-refractivity contribution in [3.05, 3.63) is 48.0 Å². The van der Waals surface area contributed by atoms with Crippen LogP contribution in [-0.2, 0) is 13.0 Å². The number of hydrogen-bond acceptors (Lipinski definition) is 4. The third-order valence-electron chi connectivity index (χ3n) is 6.15. The van der Waals surface area contributed by atoms with Gasteiger partial charge in [0.15, 0.2) is 5.96 Å². The maximum Gasteiger partial charge on any atom is 0.191 e. The number of rotatable bonds is 9. The lowest BCUT2D eigenvalue weighted by Gasteiger charge is -2.40. The summed E-state index contributed by atoms with van der Waals surface area (Å²) < 4.78 is 2.10. The summed E-state index contributed by atoms with van der Waals surface area (Å²) in [6, 6.07) is 10.7. The molecule has 1 aliphatic heterocycles. The van der Waals surface area contributed by atoms with E-state index in [0.29, 0.717) is 0 Å². The third-order valence-corrected chi connectivity index (χ3v) is 6.15. The largest absolute Gasteiger partial charge is 0.355 e. The van der Waals surface area contributed by atoms with Crippen LogP contribution in [0.25, 0.3) is 0 Å². The summed E-state index contributed by atoms with van der Waals surface area (Å²) in [6.45, 7) is 13.6. The fourth-order valence-electron chi connectivity index (χ4n) is 4.09. The molecule has 7 heteroatoms. The van der Waals surface area contributed by atoms with Crippen molar-refractivity contribution in [2.75, 3.05) is 26.2 Å². The molecule has 1 fully saturated rings. The number of hydrogen-bond donors (Lipinski definition) is 2. The van der Waals surface area contributed by atoms with Gasteiger partial charge in [-0.3, -0.25) is 9.89 Å². The van der Waals surface area contributed by atoms with Crippen LogP contribution in [0.15, 0.2) is 41.7 Å². The van der Waals surface area contributed by atoms with Crippen LogP contribution >= 0.6 is 0 Å². The molecule has 1 aromatic heterocycles. The Hall–Kier alpha value is -2.41. The van der Waals surface area contributed by atoms with E-state index >= 15 is 0 Å². The standard InChI is InChI=1S/C24H39N7/c1-5-22-29-27-19-30(22)17-14-25-23(28-20(2)21-12-8-6-9-13-21)26-18-24(3,4)31-15-10-7-11-16-31/h6,8-9,12-13,19-20H,5,7,10-11,14-18H2,1-4H3,(H2,25,26,28). The maximum atomic E-state index is 5.01.